The van der Waals surface area contributed by atoms with E-state index >= 15 is 0 Å². The van der Waals surface area contributed by atoms with Crippen molar-refractivity contribution < 1.29 is 13.5 Å². The summed E-state index contributed by atoms with van der Waals surface area (Å²) in [6.07, 6.45) is 3.99. The average molecular weight is 217 g/mol. The van der Waals surface area contributed by atoms with Crippen LogP contribution in [0.3, 0.4) is 0 Å². The molecule has 0 aromatic carbocycles. The van der Waals surface area contributed by atoms with E-state index in [9.17, 15) is 13.5 Å². The molecule has 0 unspecified atom stereocenters. The average Bonchev–Trinajstić information content (AvgIpc) is 1.96. The Kier molecular flexibility index (Phi) is 4.43. The smallest absolute Gasteiger partial charge is 0.229 e. The van der Waals surface area contributed by atoms with Crippen molar-refractivity contribution in [3.63, 3.8) is 0 Å². The first-order chi connectivity index (χ1) is 6.22. The molecule has 0 atom stereocenters. The maximum Gasteiger partial charge on any atom is 0.229 e. The van der Waals surface area contributed by atoms with Crippen LogP contribution >= 0.6 is 0 Å². The summed E-state index contributed by atoms with van der Waals surface area (Å²) < 4.78 is 23.7. The third kappa shape index (κ3) is 6.30. The van der Waals surface area contributed by atoms with Gasteiger partial charge in [0.2, 0.25) is 10.0 Å². The lowest BCUT2D eigenvalue weighted by Gasteiger charge is -2.04. The van der Waals surface area contributed by atoms with Gasteiger partial charge in [0.25, 0.3) is 0 Å². The molecule has 0 amide bonds. The number of hydrogen-bond donors (Lipinski definition) is 2. The first-order valence-corrected chi connectivity index (χ1v) is 5.82. The molecule has 4 nitrogen and oxygen atoms in total. The van der Waals surface area contributed by atoms with E-state index in [0.717, 1.165) is 11.8 Å². The van der Waals surface area contributed by atoms with E-state index in [1.54, 1.807) is 13.0 Å². The molecule has 0 aliphatic heterocycles. The molecule has 2 N–H and O–H groups in total. The van der Waals surface area contributed by atoms with Crippen LogP contribution in [0.5, 0.6) is 0 Å². The van der Waals surface area contributed by atoms with Crippen LogP contribution in [0.1, 0.15) is 13.8 Å². The van der Waals surface area contributed by atoms with E-state index in [-0.39, 0.29) is 11.5 Å². The summed E-state index contributed by atoms with van der Waals surface area (Å²) in [5.74, 6) is -0.126. The molecule has 0 rings (SSSR count). The Morgan fingerprint density at radius 1 is 1.36 bits per heavy atom. The van der Waals surface area contributed by atoms with Gasteiger partial charge in [0.1, 0.15) is 5.76 Å². The van der Waals surface area contributed by atoms with Gasteiger partial charge >= 0.3 is 0 Å². The van der Waals surface area contributed by atoms with Crippen molar-refractivity contribution in [2.24, 2.45) is 0 Å². The molecule has 0 aliphatic carbocycles. The lowest BCUT2D eigenvalue weighted by molar-refractivity contribution is 0.422. The van der Waals surface area contributed by atoms with Gasteiger partial charge < -0.3 is 5.11 Å². The number of sulfonamides is 1. The van der Waals surface area contributed by atoms with Crippen molar-refractivity contribution in [2.75, 3.05) is 6.26 Å². The Balaban J connectivity index is 4.69. The molecule has 80 valence electrons. The Hall–Kier alpha value is -1.23. The third-order valence-corrected chi connectivity index (χ3v) is 1.93. The predicted molar refractivity (Wildman–Crippen MR) is 57.3 cm³/mol. The molecule has 0 spiro atoms. The van der Waals surface area contributed by atoms with E-state index in [0.29, 0.717) is 0 Å². The van der Waals surface area contributed by atoms with Crippen molar-refractivity contribution in [3.05, 3.63) is 35.8 Å². The fourth-order valence-electron chi connectivity index (χ4n) is 0.677. The van der Waals surface area contributed by atoms with E-state index in [1.165, 1.54) is 13.0 Å². The van der Waals surface area contributed by atoms with Gasteiger partial charge in [-0.2, -0.15) is 0 Å². The van der Waals surface area contributed by atoms with Crippen LogP contribution in [-0.4, -0.2) is 19.8 Å². The second-order valence-electron chi connectivity index (χ2n) is 3.06. The van der Waals surface area contributed by atoms with Gasteiger partial charge in [-0.15, -0.1) is 0 Å². The van der Waals surface area contributed by atoms with Crippen LogP contribution in [0.4, 0.5) is 0 Å². The van der Waals surface area contributed by atoms with Crippen LogP contribution in [0.15, 0.2) is 35.8 Å². The highest BCUT2D eigenvalue weighted by atomic mass is 32.2. The Labute approximate surface area is 84.7 Å². The zero-order valence-corrected chi connectivity index (χ0v) is 9.35. The van der Waals surface area contributed by atoms with E-state index in [4.69, 9.17) is 0 Å². The topological polar surface area (TPSA) is 66.4 Å². The van der Waals surface area contributed by atoms with Crippen LogP contribution in [0.2, 0.25) is 0 Å². The summed E-state index contributed by atoms with van der Waals surface area (Å²) in [7, 11) is -3.33. The number of hydrogen-bond acceptors (Lipinski definition) is 3. The SMILES string of the molecule is C=C(C)/C=C\C(O)=C(/C)NS(C)(=O)=O. The van der Waals surface area contributed by atoms with Crippen molar-refractivity contribution in [1.82, 2.24) is 4.72 Å². The Morgan fingerprint density at radius 2 is 1.86 bits per heavy atom. The first-order valence-electron chi connectivity index (χ1n) is 3.93. The Bertz CT molecular complexity index is 377. The molecule has 0 aromatic heterocycles. The molecule has 0 bridgehead atoms. The van der Waals surface area contributed by atoms with Crippen LogP contribution in [0.25, 0.3) is 0 Å². The van der Waals surface area contributed by atoms with Crippen molar-refractivity contribution >= 4 is 10.0 Å². The number of allylic oxidation sites excluding steroid dienone is 4. The summed E-state index contributed by atoms with van der Waals surface area (Å²) in [6.45, 7) is 6.84. The molecule has 0 saturated carbocycles. The Morgan fingerprint density at radius 3 is 2.21 bits per heavy atom. The molecule has 0 aliphatic rings. The summed E-state index contributed by atoms with van der Waals surface area (Å²) in [5, 5.41) is 9.35. The van der Waals surface area contributed by atoms with Crippen molar-refractivity contribution in [1.29, 1.82) is 0 Å². The van der Waals surface area contributed by atoms with Gasteiger partial charge in [-0.3, -0.25) is 4.72 Å². The second-order valence-corrected chi connectivity index (χ2v) is 4.81. The molecular formula is C9H15NO3S. The van der Waals surface area contributed by atoms with Crippen LogP contribution in [0, 0.1) is 0 Å². The molecular weight excluding hydrogens is 202 g/mol. The molecule has 0 heterocycles. The minimum atomic E-state index is -3.33. The quantitative estimate of drug-likeness (QED) is 0.553. The molecule has 0 saturated heterocycles. The zero-order chi connectivity index (χ0) is 11.4. The number of aliphatic hydroxyl groups is 1. The molecule has 5 heteroatoms. The number of aliphatic hydroxyl groups excluding tert-OH is 1. The van der Waals surface area contributed by atoms with Gasteiger partial charge in [0.05, 0.1) is 12.0 Å². The maximum absolute atomic E-state index is 10.8. The lowest BCUT2D eigenvalue weighted by atomic mass is 10.3. The highest BCUT2D eigenvalue weighted by Crippen LogP contribution is 2.02. The van der Waals surface area contributed by atoms with E-state index in [2.05, 4.69) is 11.3 Å². The summed E-state index contributed by atoms with van der Waals surface area (Å²) in [5.41, 5.74) is 0.953. The molecule has 0 fully saturated rings. The highest BCUT2D eigenvalue weighted by Gasteiger charge is 2.03. The van der Waals surface area contributed by atoms with Gasteiger partial charge in [-0.1, -0.05) is 18.2 Å². The normalized spacial score (nSPS) is 13.9. The van der Waals surface area contributed by atoms with E-state index < -0.39 is 10.0 Å². The van der Waals surface area contributed by atoms with Gasteiger partial charge in [-0.25, -0.2) is 8.42 Å². The molecule has 0 radical (unpaired) electrons. The van der Waals surface area contributed by atoms with Gasteiger partial charge in [-0.05, 0) is 19.9 Å². The first kappa shape index (κ1) is 12.8. The lowest BCUT2D eigenvalue weighted by Crippen LogP contribution is -2.20. The third-order valence-electron chi connectivity index (χ3n) is 1.25. The summed E-state index contributed by atoms with van der Waals surface area (Å²) in [4.78, 5) is 0. The second kappa shape index (κ2) is 4.85. The van der Waals surface area contributed by atoms with Gasteiger partial charge in [0, 0.05) is 0 Å². The summed E-state index contributed by atoms with van der Waals surface area (Å²) >= 11 is 0. The fraction of sp³-hybridized carbons (Fsp3) is 0.333. The highest BCUT2D eigenvalue weighted by molar-refractivity contribution is 7.88. The van der Waals surface area contributed by atoms with Crippen LogP contribution in [-0.2, 0) is 10.0 Å². The monoisotopic (exact) mass is 217 g/mol. The van der Waals surface area contributed by atoms with Crippen molar-refractivity contribution in [3.8, 4) is 0 Å². The minimum absolute atomic E-state index is 0.126. The van der Waals surface area contributed by atoms with Crippen molar-refractivity contribution in [2.45, 2.75) is 13.8 Å². The zero-order valence-electron chi connectivity index (χ0n) is 8.53. The predicted octanol–water partition coefficient (Wildman–Crippen LogP) is 1.46. The molecule has 0 aromatic rings. The van der Waals surface area contributed by atoms with Crippen LogP contribution < -0.4 is 4.72 Å². The maximum atomic E-state index is 10.8. The number of rotatable bonds is 4. The molecule has 14 heavy (non-hydrogen) atoms. The minimum Gasteiger partial charge on any atom is -0.506 e. The largest absolute Gasteiger partial charge is 0.506 e. The van der Waals surface area contributed by atoms with E-state index in [1.807, 2.05) is 0 Å². The summed E-state index contributed by atoms with van der Waals surface area (Å²) in [6, 6.07) is 0. The van der Waals surface area contributed by atoms with Gasteiger partial charge in [0.15, 0.2) is 0 Å². The standard InChI is InChI=1S/C9H15NO3S/c1-7(2)5-6-9(11)8(3)10-14(4,12)13/h5-6,10-11H,1H2,2-4H3/b6-5-,9-8-. The fourth-order valence-corrected chi connectivity index (χ4v) is 1.34. The number of nitrogens with one attached hydrogen (secondary N) is 1.